The monoisotopic (exact) mass is 477 g/mol. The predicted octanol–water partition coefficient (Wildman–Crippen LogP) is 1.44. The van der Waals surface area contributed by atoms with Gasteiger partial charge >= 0.3 is 0 Å². The summed E-state index contributed by atoms with van der Waals surface area (Å²) in [5, 5.41) is 0.566. The maximum absolute atomic E-state index is 12.5. The van der Waals surface area contributed by atoms with Crippen molar-refractivity contribution in [1.29, 1.82) is 0 Å². The number of aryl methyl sites for hydroxylation is 1. The van der Waals surface area contributed by atoms with Gasteiger partial charge in [-0.1, -0.05) is 0 Å². The molecule has 1 aliphatic heterocycles. The largest absolute Gasteiger partial charge is 0.454 e. The minimum atomic E-state index is -3.42. The van der Waals surface area contributed by atoms with Gasteiger partial charge in [0.1, 0.15) is 6.33 Å². The number of imidazole rings is 1. The molecule has 3 heterocycles. The SMILES string of the molecule is CN(C)c1cc2c(cc1Sc1nc3c(N)ncnc3n1CCS(=O)(=O)NC1CC1)OCO2. The van der Waals surface area contributed by atoms with Crippen LogP contribution in [0.5, 0.6) is 11.5 Å². The molecule has 170 valence electrons. The Bertz CT molecular complexity index is 1290. The molecule has 5 rings (SSSR count). The fourth-order valence-corrected chi connectivity index (χ4v) is 5.80. The number of nitrogens with one attached hydrogen (secondary N) is 1. The lowest BCUT2D eigenvalue weighted by Crippen LogP contribution is -2.30. The summed E-state index contributed by atoms with van der Waals surface area (Å²) in [5.41, 5.74) is 7.88. The van der Waals surface area contributed by atoms with Crippen molar-refractivity contribution in [1.82, 2.24) is 24.2 Å². The number of ether oxygens (including phenoxy) is 2. The van der Waals surface area contributed by atoms with Crippen molar-refractivity contribution >= 4 is 44.5 Å². The van der Waals surface area contributed by atoms with Crippen molar-refractivity contribution in [2.24, 2.45) is 0 Å². The van der Waals surface area contributed by atoms with E-state index in [0.717, 1.165) is 23.4 Å². The van der Waals surface area contributed by atoms with Gasteiger partial charge < -0.3 is 24.7 Å². The molecule has 1 saturated carbocycles. The molecule has 0 saturated heterocycles. The van der Waals surface area contributed by atoms with E-state index in [9.17, 15) is 8.42 Å². The van der Waals surface area contributed by atoms with E-state index in [2.05, 4.69) is 19.7 Å². The molecule has 13 heteroatoms. The first-order chi connectivity index (χ1) is 15.3. The first-order valence-corrected chi connectivity index (χ1v) is 12.5. The molecule has 32 heavy (non-hydrogen) atoms. The first-order valence-electron chi connectivity index (χ1n) is 10.1. The zero-order valence-corrected chi connectivity index (χ0v) is 19.2. The van der Waals surface area contributed by atoms with E-state index in [-0.39, 0.29) is 31.0 Å². The van der Waals surface area contributed by atoms with Crippen molar-refractivity contribution < 1.29 is 17.9 Å². The Morgan fingerprint density at radius 1 is 1.25 bits per heavy atom. The van der Waals surface area contributed by atoms with Gasteiger partial charge in [-0.3, -0.25) is 0 Å². The topological polar surface area (TPSA) is 137 Å². The van der Waals surface area contributed by atoms with Gasteiger partial charge in [-0.2, -0.15) is 0 Å². The summed E-state index contributed by atoms with van der Waals surface area (Å²) < 4.78 is 40.5. The third-order valence-corrected chi connectivity index (χ3v) is 7.62. The zero-order valence-electron chi connectivity index (χ0n) is 17.6. The summed E-state index contributed by atoms with van der Waals surface area (Å²) in [5.74, 6) is 1.48. The van der Waals surface area contributed by atoms with Crippen LogP contribution >= 0.6 is 11.8 Å². The Morgan fingerprint density at radius 3 is 2.72 bits per heavy atom. The summed E-state index contributed by atoms with van der Waals surface area (Å²) in [6.07, 6.45) is 3.12. The Hall–Kier alpha value is -2.77. The number of sulfonamides is 1. The maximum Gasteiger partial charge on any atom is 0.231 e. The van der Waals surface area contributed by atoms with E-state index in [1.807, 2.05) is 31.1 Å². The third kappa shape index (κ3) is 4.14. The number of nitrogens with zero attached hydrogens (tertiary/aromatic N) is 5. The second-order valence-corrected chi connectivity index (χ2v) is 10.7. The van der Waals surface area contributed by atoms with Crippen LogP contribution in [0.15, 0.2) is 28.5 Å². The van der Waals surface area contributed by atoms with E-state index in [4.69, 9.17) is 15.2 Å². The molecule has 0 bridgehead atoms. The number of fused-ring (bicyclic) bond motifs is 2. The average molecular weight is 478 g/mol. The third-order valence-electron chi connectivity index (χ3n) is 5.17. The van der Waals surface area contributed by atoms with Crippen molar-refractivity contribution in [3.63, 3.8) is 0 Å². The second kappa shape index (κ2) is 7.98. The molecule has 0 radical (unpaired) electrons. The Labute approximate surface area is 189 Å². The maximum atomic E-state index is 12.5. The van der Waals surface area contributed by atoms with E-state index in [1.165, 1.54) is 18.1 Å². The number of rotatable bonds is 8. The molecule has 0 atom stereocenters. The van der Waals surface area contributed by atoms with Gasteiger partial charge in [-0.25, -0.2) is 28.1 Å². The Balaban J connectivity index is 1.52. The van der Waals surface area contributed by atoms with Gasteiger partial charge in [0.2, 0.25) is 16.8 Å². The summed E-state index contributed by atoms with van der Waals surface area (Å²) in [6, 6.07) is 3.87. The van der Waals surface area contributed by atoms with Crippen LogP contribution in [0.3, 0.4) is 0 Å². The quantitative estimate of drug-likeness (QED) is 0.490. The van der Waals surface area contributed by atoms with Crippen molar-refractivity contribution in [3.8, 4) is 11.5 Å². The van der Waals surface area contributed by atoms with Crippen LogP contribution in [0.4, 0.5) is 11.5 Å². The number of hydrogen-bond acceptors (Lipinski definition) is 10. The minimum Gasteiger partial charge on any atom is -0.454 e. The number of anilines is 2. The predicted molar refractivity (Wildman–Crippen MR) is 121 cm³/mol. The first kappa shape index (κ1) is 21.1. The lowest BCUT2D eigenvalue weighted by molar-refractivity contribution is 0.174. The van der Waals surface area contributed by atoms with Crippen LogP contribution in [0.1, 0.15) is 12.8 Å². The van der Waals surface area contributed by atoms with Crippen LogP contribution in [-0.4, -0.2) is 60.6 Å². The second-order valence-electron chi connectivity index (χ2n) is 7.86. The summed E-state index contributed by atoms with van der Waals surface area (Å²) >= 11 is 1.38. The molecule has 1 aliphatic carbocycles. The van der Waals surface area contributed by atoms with Gasteiger partial charge in [-0.05, 0) is 24.6 Å². The smallest absolute Gasteiger partial charge is 0.231 e. The summed E-state index contributed by atoms with van der Waals surface area (Å²) in [7, 11) is 0.450. The van der Waals surface area contributed by atoms with Gasteiger partial charge in [-0.15, -0.1) is 0 Å². The molecule has 2 aliphatic rings. The van der Waals surface area contributed by atoms with Gasteiger partial charge in [0, 0.05) is 43.7 Å². The minimum absolute atomic E-state index is 0.0580. The van der Waals surface area contributed by atoms with Crippen molar-refractivity contribution in [2.75, 3.05) is 37.3 Å². The average Bonchev–Trinajstić information content (AvgIpc) is 3.29. The number of nitrogen functional groups attached to an aromatic ring is 1. The molecule has 2 aromatic heterocycles. The van der Waals surface area contributed by atoms with Crippen LogP contribution in [-0.2, 0) is 16.6 Å². The molecule has 3 aromatic rings. The molecular weight excluding hydrogens is 454 g/mol. The van der Waals surface area contributed by atoms with E-state index < -0.39 is 10.0 Å². The highest BCUT2D eigenvalue weighted by molar-refractivity contribution is 7.99. The molecule has 0 amide bonds. The normalized spacial score (nSPS) is 15.4. The van der Waals surface area contributed by atoms with Crippen LogP contribution in [0, 0.1) is 0 Å². The molecule has 0 unspecified atom stereocenters. The summed E-state index contributed by atoms with van der Waals surface area (Å²) in [6.45, 7) is 0.353. The highest BCUT2D eigenvalue weighted by Crippen LogP contribution is 2.44. The van der Waals surface area contributed by atoms with Gasteiger partial charge in [0.15, 0.2) is 33.6 Å². The number of hydrogen-bond donors (Lipinski definition) is 2. The number of benzene rings is 1. The van der Waals surface area contributed by atoms with E-state index in [0.29, 0.717) is 27.8 Å². The van der Waals surface area contributed by atoms with Gasteiger partial charge in [0.25, 0.3) is 0 Å². The molecule has 3 N–H and O–H groups in total. The fourth-order valence-electron chi connectivity index (χ4n) is 3.38. The standard InChI is InChI=1S/C19H23N7O4S2/c1-25(2)12-7-13-14(30-10-29-13)8-15(12)31-19-23-16-17(20)21-9-22-18(16)26(19)5-6-32(27,28)24-11-3-4-11/h7-9,11,24H,3-6,10H2,1-2H3,(H2,20,21,22). The lowest BCUT2D eigenvalue weighted by Gasteiger charge is -2.18. The van der Waals surface area contributed by atoms with Crippen molar-refractivity contribution in [3.05, 3.63) is 18.5 Å². The lowest BCUT2D eigenvalue weighted by atomic mass is 10.2. The molecule has 11 nitrogen and oxygen atoms in total. The highest BCUT2D eigenvalue weighted by atomic mass is 32.2. The molecule has 0 spiro atoms. The van der Waals surface area contributed by atoms with E-state index >= 15 is 0 Å². The van der Waals surface area contributed by atoms with Gasteiger partial charge in [0.05, 0.1) is 11.4 Å². The summed E-state index contributed by atoms with van der Waals surface area (Å²) in [4.78, 5) is 15.8. The number of nitrogens with two attached hydrogens (primary N) is 1. The zero-order chi connectivity index (χ0) is 22.5. The Morgan fingerprint density at radius 2 is 2.00 bits per heavy atom. The van der Waals surface area contributed by atoms with Crippen LogP contribution in [0.2, 0.25) is 0 Å². The number of aromatic nitrogens is 4. The Kier molecular flexibility index (Phi) is 5.26. The van der Waals surface area contributed by atoms with Crippen LogP contribution in [0.25, 0.3) is 11.2 Å². The highest BCUT2D eigenvalue weighted by Gasteiger charge is 2.28. The van der Waals surface area contributed by atoms with Crippen LogP contribution < -0.4 is 24.8 Å². The molecule has 1 aromatic carbocycles. The fraction of sp³-hybridized carbons (Fsp3) is 0.421. The van der Waals surface area contributed by atoms with Crippen molar-refractivity contribution in [2.45, 2.75) is 35.5 Å². The van der Waals surface area contributed by atoms with E-state index in [1.54, 1.807) is 4.57 Å². The molecular formula is C19H23N7O4S2. The molecule has 1 fully saturated rings.